The number of aryl methyl sites for hydroxylation is 1. The number of alkyl halides is 3. The van der Waals surface area contributed by atoms with Crippen molar-refractivity contribution in [1.82, 2.24) is 4.90 Å². The minimum Gasteiger partial charge on any atom is -0.327 e. The summed E-state index contributed by atoms with van der Waals surface area (Å²) in [5, 5.41) is 0.554. The minimum absolute atomic E-state index is 0.170. The first-order valence-corrected chi connectivity index (χ1v) is 7.87. The van der Waals surface area contributed by atoms with E-state index >= 15 is 0 Å². The molecule has 1 saturated carbocycles. The average Bonchev–Trinajstić information content (AvgIpc) is 3.28. The number of carbonyl (C=O) groups is 1. The van der Waals surface area contributed by atoms with Crippen LogP contribution in [0.1, 0.15) is 30.9 Å². The van der Waals surface area contributed by atoms with Crippen LogP contribution in [0, 0.1) is 12.8 Å². The molecule has 1 aromatic rings. The van der Waals surface area contributed by atoms with Crippen molar-refractivity contribution in [1.29, 1.82) is 0 Å². The van der Waals surface area contributed by atoms with E-state index in [1.54, 1.807) is 25.1 Å². The molecule has 6 heteroatoms. The van der Waals surface area contributed by atoms with Crippen molar-refractivity contribution in [3.63, 3.8) is 0 Å². The number of carbonyl (C=O) groups excluding carboxylic acids is 1. The Morgan fingerprint density at radius 2 is 2.09 bits per heavy atom. The van der Waals surface area contributed by atoms with Gasteiger partial charge in [0.2, 0.25) is 5.91 Å². The number of hydrogen-bond donors (Lipinski definition) is 0. The van der Waals surface area contributed by atoms with Gasteiger partial charge in [-0.1, -0.05) is 23.7 Å². The van der Waals surface area contributed by atoms with Crippen molar-refractivity contribution < 1.29 is 18.0 Å². The summed E-state index contributed by atoms with van der Waals surface area (Å²) >= 11 is 6.00. The SMILES string of the molecule is Cc1ccc(/C=C/C(=O)N(CC(F)(F)F)C(C)C2CC2)cc1Cl. The molecule has 126 valence electrons. The quantitative estimate of drug-likeness (QED) is 0.698. The summed E-state index contributed by atoms with van der Waals surface area (Å²) in [6, 6.07) is 4.84. The molecule has 1 fully saturated rings. The third-order valence-electron chi connectivity index (χ3n) is 4.04. The maximum atomic E-state index is 12.7. The third-order valence-corrected chi connectivity index (χ3v) is 4.45. The van der Waals surface area contributed by atoms with Crippen LogP contribution in [0.15, 0.2) is 24.3 Å². The summed E-state index contributed by atoms with van der Waals surface area (Å²) < 4.78 is 38.2. The highest BCUT2D eigenvalue weighted by molar-refractivity contribution is 6.31. The van der Waals surface area contributed by atoms with Crippen LogP contribution in [-0.4, -0.2) is 29.6 Å². The number of benzene rings is 1. The summed E-state index contributed by atoms with van der Waals surface area (Å²) in [5.41, 5.74) is 1.58. The molecule has 1 amide bonds. The van der Waals surface area contributed by atoms with Gasteiger partial charge in [0.1, 0.15) is 6.54 Å². The van der Waals surface area contributed by atoms with Gasteiger partial charge in [0.15, 0.2) is 0 Å². The van der Waals surface area contributed by atoms with Crippen molar-refractivity contribution in [2.24, 2.45) is 5.92 Å². The first-order chi connectivity index (χ1) is 10.7. The van der Waals surface area contributed by atoms with Crippen LogP contribution >= 0.6 is 11.6 Å². The lowest BCUT2D eigenvalue weighted by molar-refractivity contribution is -0.162. The van der Waals surface area contributed by atoms with E-state index in [-0.39, 0.29) is 5.92 Å². The molecule has 0 spiro atoms. The maximum absolute atomic E-state index is 12.7. The van der Waals surface area contributed by atoms with Gasteiger partial charge in [-0.25, -0.2) is 0 Å². The van der Waals surface area contributed by atoms with E-state index in [0.29, 0.717) is 10.6 Å². The van der Waals surface area contributed by atoms with Crippen molar-refractivity contribution in [3.8, 4) is 0 Å². The molecule has 0 aromatic heterocycles. The van der Waals surface area contributed by atoms with Gasteiger partial charge in [0.05, 0.1) is 0 Å². The second kappa shape index (κ2) is 6.95. The lowest BCUT2D eigenvalue weighted by Crippen LogP contribution is -2.44. The average molecular weight is 346 g/mol. The zero-order chi connectivity index (χ0) is 17.2. The van der Waals surface area contributed by atoms with Crippen LogP contribution < -0.4 is 0 Å². The van der Waals surface area contributed by atoms with Gasteiger partial charge in [-0.2, -0.15) is 13.2 Å². The van der Waals surface area contributed by atoms with Crippen LogP contribution in [0.3, 0.4) is 0 Å². The summed E-state index contributed by atoms with van der Waals surface area (Å²) in [5.74, 6) is -0.457. The number of amides is 1. The zero-order valence-electron chi connectivity index (χ0n) is 13.0. The fourth-order valence-corrected chi connectivity index (χ4v) is 2.61. The van der Waals surface area contributed by atoms with Crippen LogP contribution in [0.2, 0.25) is 5.02 Å². The molecule has 0 aliphatic heterocycles. The lowest BCUT2D eigenvalue weighted by atomic mass is 10.1. The molecule has 1 aromatic carbocycles. The van der Waals surface area contributed by atoms with Gasteiger partial charge in [-0.05, 0) is 55.9 Å². The molecule has 23 heavy (non-hydrogen) atoms. The van der Waals surface area contributed by atoms with E-state index in [0.717, 1.165) is 23.3 Å². The Morgan fingerprint density at radius 1 is 1.43 bits per heavy atom. The van der Waals surface area contributed by atoms with Crippen LogP contribution in [0.25, 0.3) is 6.08 Å². The smallest absolute Gasteiger partial charge is 0.327 e. The fourth-order valence-electron chi connectivity index (χ4n) is 2.42. The van der Waals surface area contributed by atoms with Gasteiger partial charge >= 0.3 is 6.18 Å². The van der Waals surface area contributed by atoms with Gasteiger partial charge in [-0.15, -0.1) is 0 Å². The second-order valence-corrected chi connectivity index (χ2v) is 6.41. The Kier molecular flexibility index (Phi) is 5.40. The molecule has 0 saturated heterocycles. The predicted octanol–water partition coefficient (Wildman–Crippen LogP) is 4.85. The molecule has 1 aliphatic rings. The van der Waals surface area contributed by atoms with Crippen molar-refractivity contribution in [2.75, 3.05) is 6.54 Å². The van der Waals surface area contributed by atoms with Crippen molar-refractivity contribution in [2.45, 2.75) is 38.9 Å². The molecule has 0 N–H and O–H groups in total. The molecule has 0 bridgehead atoms. The molecule has 2 rings (SSSR count). The summed E-state index contributed by atoms with van der Waals surface area (Å²) in [7, 11) is 0. The Labute approximate surface area is 138 Å². The largest absolute Gasteiger partial charge is 0.406 e. The normalized spacial score (nSPS) is 16.6. The van der Waals surface area contributed by atoms with E-state index in [9.17, 15) is 18.0 Å². The van der Waals surface area contributed by atoms with Crippen molar-refractivity contribution >= 4 is 23.6 Å². The monoisotopic (exact) mass is 345 g/mol. The van der Waals surface area contributed by atoms with Crippen LogP contribution in [0.5, 0.6) is 0 Å². The standard InChI is InChI=1S/C17H19ClF3NO/c1-11-3-4-13(9-15(11)18)5-8-16(23)22(10-17(19,20)21)12(2)14-6-7-14/h3-5,8-9,12,14H,6-7,10H2,1-2H3/b8-5+. The maximum Gasteiger partial charge on any atom is 0.406 e. The first kappa shape index (κ1) is 17.9. The van der Waals surface area contributed by atoms with E-state index in [1.807, 2.05) is 6.92 Å². The predicted molar refractivity (Wildman–Crippen MR) is 85.2 cm³/mol. The van der Waals surface area contributed by atoms with Gasteiger partial charge in [0, 0.05) is 17.1 Å². The number of rotatable bonds is 5. The van der Waals surface area contributed by atoms with Crippen LogP contribution in [-0.2, 0) is 4.79 Å². The fraction of sp³-hybridized carbons (Fsp3) is 0.471. The molecule has 1 unspecified atom stereocenters. The summed E-state index contributed by atoms with van der Waals surface area (Å²) in [4.78, 5) is 13.1. The molecular formula is C17H19ClF3NO. The van der Waals surface area contributed by atoms with E-state index < -0.39 is 24.7 Å². The highest BCUT2D eigenvalue weighted by Gasteiger charge is 2.39. The molecule has 1 aliphatic carbocycles. The third kappa shape index (κ3) is 5.27. The Morgan fingerprint density at radius 3 is 2.61 bits per heavy atom. The highest BCUT2D eigenvalue weighted by atomic mass is 35.5. The van der Waals surface area contributed by atoms with E-state index in [1.165, 1.54) is 12.2 Å². The Hall–Kier alpha value is -1.49. The number of halogens is 4. The van der Waals surface area contributed by atoms with Gasteiger partial charge < -0.3 is 4.90 Å². The summed E-state index contributed by atoms with van der Waals surface area (Å²) in [6.07, 6.45) is 0.0300. The van der Waals surface area contributed by atoms with Gasteiger partial charge in [0.25, 0.3) is 0 Å². The van der Waals surface area contributed by atoms with E-state index in [4.69, 9.17) is 11.6 Å². The molecular weight excluding hydrogens is 327 g/mol. The zero-order valence-corrected chi connectivity index (χ0v) is 13.8. The highest BCUT2D eigenvalue weighted by Crippen LogP contribution is 2.36. The summed E-state index contributed by atoms with van der Waals surface area (Å²) in [6.45, 7) is 2.31. The number of hydrogen-bond acceptors (Lipinski definition) is 1. The van der Waals surface area contributed by atoms with Gasteiger partial charge in [-0.3, -0.25) is 4.79 Å². The minimum atomic E-state index is -4.40. The molecule has 0 radical (unpaired) electrons. The lowest BCUT2D eigenvalue weighted by Gasteiger charge is -2.29. The van der Waals surface area contributed by atoms with Crippen molar-refractivity contribution in [3.05, 3.63) is 40.4 Å². The topological polar surface area (TPSA) is 20.3 Å². The Bertz CT molecular complexity index is 608. The molecule has 2 nitrogen and oxygen atoms in total. The first-order valence-electron chi connectivity index (χ1n) is 7.49. The van der Waals surface area contributed by atoms with Crippen LogP contribution in [0.4, 0.5) is 13.2 Å². The second-order valence-electron chi connectivity index (χ2n) is 6.00. The number of nitrogens with zero attached hydrogens (tertiary/aromatic N) is 1. The van der Waals surface area contributed by atoms with E-state index in [2.05, 4.69) is 0 Å². The Balaban J connectivity index is 2.12. The molecule has 1 atom stereocenters. The molecule has 0 heterocycles.